The quantitative estimate of drug-likeness (QED) is 0.532. The van der Waals surface area contributed by atoms with Gasteiger partial charge in [0.15, 0.2) is 0 Å². The van der Waals surface area contributed by atoms with Crippen LogP contribution in [0.15, 0.2) is 60.7 Å². The normalized spacial score (nSPS) is 16.5. The zero-order valence-electron chi connectivity index (χ0n) is 17.1. The molecule has 0 aromatic heterocycles. The highest BCUT2D eigenvalue weighted by Crippen LogP contribution is 2.44. The first kappa shape index (κ1) is 22.1. The summed E-state index contributed by atoms with van der Waals surface area (Å²) >= 11 is 0. The van der Waals surface area contributed by atoms with Crippen LogP contribution in [0.2, 0.25) is 0 Å². The van der Waals surface area contributed by atoms with E-state index in [9.17, 15) is 0 Å². The molecule has 0 unspecified atom stereocenters. The fraction of sp³-hybridized carbons (Fsp3) is 0.500. The first-order valence-electron chi connectivity index (χ1n) is 9.58. The first-order chi connectivity index (χ1) is 12.1. The Labute approximate surface area is 159 Å². The molecule has 2 aromatic carbocycles. The molecular formula is C24H36O2. The molecule has 1 saturated carbocycles. The molecule has 2 nitrogen and oxygen atoms in total. The molecule has 2 heteroatoms. The summed E-state index contributed by atoms with van der Waals surface area (Å²) in [7, 11) is 0. The number of para-hydroxylation sites is 2. The molecule has 3 rings (SSSR count). The lowest BCUT2D eigenvalue weighted by Gasteiger charge is -2.40. The van der Waals surface area contributed by atoms with Crippen LogP contribution in [0.3, 0.4) is 0 Å². The average molecular weight is 357 g/mol. The third kappa shape index (κ3) is 9.50. The van der Waals surface area contributed by atoms with E-state index in [2.05, 4.69) is 34.6 Å². The summed E-state index contributed by atoms with van der Waals surface area (Å²) in [4.78, 5) is 0. The zero-order chi connectivity index (χ0) is 19.6. The maximum atomic E-state index is 8.63. The zero-order valence-corrected chi connectivity index (χ0v) is 17.1. The van der Waals surface area contributed by atoms with Gasteiger partial charge in [-0.2, -0.15) is 0 Å². The summed E-state index contributed by atoms with van der Waals surface area (Å²) in [6.07, 6.45) is 5.73. The summed E-state index contributed by atoms with van der Waals surface area (Å²) in [5.41, 5.74) is 1.16. The van der Waals surface area contributed by atoms with E-state index in [1.54, 1.807) is 48.5 Å². The Morgan fingerprint density at radius 2 is 1.08 bits per heavy atom. The molecule has 1 aliphatic rings. The second-order valence-electron chi connectivity index (χ2n) is 8.98. The molecule has 0 saturated heterocycles. The summed E-state index contributed by atoms with van der Waals surface area (Å²) in [5.74, 6) is 1.61. The molecule has 2 aromatic rings. The van der Waals surface area contributed by atoms with E-state index >= 15 is 0 Å². The Kier molecular flexibility index (Phi) is 8.71. The third-order valence-electron chi connectivity index (χ3n) is 5.08. The van der Waals surface area contributed by atoms with Crippen molar-refractivity contribution in [2.45, 2.75) is 60.3 Å². The summed E-state index contributed by atoms with van der Waals surface area (Å²) in [6, 6.07) is 17.4. The van der Waals surface area contributed by atoms with Crippen molar-refractivity contribution in [3.63, 3.8) is 0 Å². The van der Waals surface area contributed by atoms with Gasteiger partial charge in [0.25, 0.3) is 0 Å². The minimum absolute atomic E-state index is 0.322. The van der Waals surface area contributed by atoms with Crippen LogP contribution in [0.4, 0.5) is 0 Å². The molecular weight excluding hydrogens is 320 g/mol. The Morgan fingerprint density at radius 3 is 1.31 bits per heavy atom. The lowest BCUT2D eigenvalue weighted by molar-refractivity contribution is 0.111. The van der Waals surface area contributed by atoms with Crippen LogP contribution in [0.25, 0.3) is 0 Å². The standard InChI is InChI=1S/C12H24.2C6H6O/c1-11(2,3)10-6-8-12(4,5)9-7-10;2*7-6-4-2-1-3-5-6/h10H,6-9H2,1-5H3;2*1-5,7H. The van der Waals surface area contributed by atoms with E-state index in [0.29, 0.717) is 22.3 Å². The first-order valence-corrected chi connectivity index (χ1v) is 9.58. The number of rotatable bonds is 0. The van der Waals surface area contributed by atoms with Crippen LogP contribution >= 0.6 is 0 Å². The minimum atomic E-state index is 0.322. The molecule has 0 heterocycles. The third-order valence-corrected chi connectivity index (χ3v) is 5.08. The van der Waals surface area contributed by atoms with Gasteiger partial charge in [-0.15, -0.1) is 0 Å². The molecule has 2 N–H and O–H groups in total. The van der Waals surface area contributed by atoms with E-state index in [-0.39, 0.29) is 0 Å². The monoisotopic (exact) mass is 356 g/mol. The molecule has 0 amide bonds. The number of aromatic hydroxyl groups is 2. The van der Waals surface area contributed by atoms with E-state index in [4.69, 9.17) is 10.2 Å². The van der Waals surface area contributed by atoms with Crippen molar-refractivity contribution in [3.8, 4) is 11.5 Å². The van der Waals surface area contributed by atoms with Gasteiger partial charge in [0, 0.05) is 0 Å². The van der Waals surface area contributed by atoms with Gasteiger partial charge in [-0.1, -0.05) is 71.0 Å². The van der Waals surface area contributed by atoms with Crippen LogP contribution in [0, 0.1) is 16.7 Å². The van der Waals surface area contributed by atoms with Gasteiger partial charge >= 0.3 is 0 Å². The molecule has 26 heavy (non-hydrogen) atoms. The highest BCUT2D eigenvalue weighted by atomic mass is 16.3. The SMILES string of the molecule is CC1(C)CCC(C(C)(C)C)CC1.Oc1ccccc1.Oc1ccccc1. The van der Waals surface area contributed by atoms with E-state index < -0.39 is 0 Å². The molecule has 0 atom stereocenters. The van der Waals surface area contributed by atoms with E-state index in [1.807, 2.05) is 12.1 Å². The van der Waals surface area contributed by atoms with Crippen LogP contribution in [-0.4, -0.2) is 10.2 Å². The lowest BCUT2D eigenvalue weighted by atomic mass is 9.65. The Morgan fingerprint density at radius 1 is 0.731 bits per heavy atom. The maximum absolute atomic E-state index is 8.63. The summed E-state index contributed by atoms with van der Waals surface area (Å²) < 4.78 is 0. The lowest BCUT2D eigenvalue weighted by Crippen LogP contribution is -2.29. The number of phenolic OH excluding ortho intramolecular Hbond substituents is 2. The fourth-order valence-electron chi connectivity index (χ4n) is 3.12. The van der Waals surface area contributed by atoms with Crippen LogP contribution in [0.1, 0.15) is 60.3 Å². The predicted octanol–water partition coefficient (Wildman–Crippen LogP) is 7.03. The Bertz CT molecular complexity index is 550. The molecule has 1 fully saturated rings. The molecule has 0 spiro atoms. The number of benzene rings is 2. The predicted molar refractivity (Wildman–Crippen MR) is 111 cm³/mol. The topological polar surface area (TPSA) is 40.5 Å². The van der Waals surface area contributed by atoms with Crippen LogP contribution < -0.4 is 0 Å². The largest absolute Gasteiger partial charge is 0.508 e. The van der Waals surface area contributed by atoms with Crippen LogP contribution in [0.5, 0.6) is 11.5 Å². The van der Waals surface area contributed by atoms with Gasteiger partial charge in [0.1, 0.15) is 11.5 Å². The van der Waals surface area contributed by atoms with Gasteiger partial charge < -0.3 is 10.2 Å². The second-order valence-corrected chi connectivity index (χ2v) is 8.98. The minimum Gasteiger partial charge on any atom is -0.508 e. The second kappa shape index (κ2) is 10.3. The van der Waals surface area contributed by atoms with Gasteiger partial charge in [0.2, 0.25) is 0 Å². The van der Waals surface area contributed by atoms with Crippen LogP contribution in [-0.2, 0) is 0 Å². The van der Waals surface area contributed by atoms with Crippen molar-refractivity contribution >= 4 is 0 Å². The van der Waals surface area contributed by atoms with Crippen molar-refractivity contribution < 1.29 is 10.2 Å². The van der Waals surface area contributed by atoms with Gasteiger partial charge in [0.05, 0.1) is 0 Å². The van der Waals surface area contributed by atoms with E-state index in [1.165, 1.54) is 25.7 Å². The fourth-order valence-corrected chi connectivity index (χ4v) is 3.12. The smallest absolute Gasteiger partial charge is 0.115 e. The van der Waals surface area contributed by atoms with Crippen molar-refractivity contribution in [2.75, 3.05) is 0 Å². The molecule has 0 aliphatic heterocycles. The maximum Gasteiger partial charge on any atom is 0.115 e. The van der Waals surface area contributed by atoms with E-state index in [0.717, 1.165) is 5.92 Å². The number of phenols is 2. The van der Waals surface area contributed by atoms with Crippen molar-refractivity contribution in [3.05, 3.63) is 60.7 Å². The average Bonchev–Trinajstić information content (AvgIpc) is 2.56. The number of hydrogen-bond acceptors (Lipinski definition) is 2. The highest BCUT2D eigenvalue weighted by Gasteiger charge is 2.32. The molecule has 1 aliphatic carbocycles. The van der Waals surface area contributed by atoms with Gasteiger partial charge in [-0.05, 0) is 66.7 Å². The number of hydrogen-bond donors (Lipinski definition) is 2. The Hall–Kier alpha value is -1.96. The van der Waals surface area contributed by atoms with Gasteiger partial charge in [-0.25, -0.2) is 0 Å². The van der Waals surface area contributed by atoms with Gasteiger partial charge in [-0.3, -0.25) is 0 Å². The summed E-state index contributed by atoms with van der Waals surface area (Å²) in [5, 5.41) is 17.3. The molecule has 144 valence electrons. The highest BCUT2D eigenvalue weighted by molar-refractivity contribution is 5.19. The summed E-state index contributed by atoms with van der Waals surface area (Å²) in [6.45, 7) is 12.0. The molecule has 0 bridgehead atoms. The van der Waals surface area contributed by atoms with Crippen molar-refractivity contribution in [1.29, 1.82) is 0 Å². The van der Waals surface area contributed by atoms with Crippen molar-refractivity contribution in [2.24, 2.45) is 16.7 Å². The Balaban J connectivity index is 0.000000207. The van der Waals surface area contributed by atoms with Crippen molar-refractivity contribution in [1.82, 2.24) is 0 Å². The molecule has 0 radical (unpaired) electrons.